The molecule has 4 heteroatoms. The Morgan fingerprint density at radius 3 is 2.62 bits per heavy atom. The van der Waals surface area contributed by atoms with E-state index in [1.807, 2.05) is 20.8 Å². The summed E-state index contributed by atoms with van der Waals surface area (Å²) in [5, 5.41) is 4.22. The van der Waals surface area contributed by atoms with Crippen molar-refractivity contribution in [2.75, 3.05) is 0 Å². The molecular weight excluding hydrogens is 168 g/mol. The summed E-state index contributed by atoms with van der Waals surface area (Å²) in [6.07, 6.45) is 0. The first-order chi connectivity index (χ1) is 6.06. The van der Waals surface area contributed by atoms with Crippen LogP contribution in [0.5, 0.6) is 5.88 Å². The van der Waals surface area contributed by atoms with Crippen LogP contribution >= 0.6 is 0 Å². The molecule has 0 radical (unpaired) electrons. The minimum absolute atomic E-state index is 0.308. The van der Waals surface area contributed by atoms with E-state index in [0.29, 0.717) is 12.4 Å². The summed E-state index contributed by atoms with van der Waals surface area (Å²) in [6, 6.07) is 0. The second-order valence-corrected chi connectivity index (χ2v) is 2.92. The Morgan fingerprint density at radius 2 is 2.15 bits per heavy atom. The van der Waals surface area contributed by atoms with Crippen LogP contribution in [0.2, 0.25) is 0 Å². The first-order valence-corrected chi connectivity index (χ1v) is 4.28. The van der Waals surface area contributed by atoms with Crippen LogP contribution in [-0.4, -0.2) is 15.7 Å². The number of hydrogen-bond donors (Lipinski definition) is 0. The van der Waals surface area contributed by atoms with Crippen LogP contribution < -0.4 is 4.74 Å². The summed E-state index contributed by atoms with van der Waals surface area (Å²) in [7, 11) is 0. The zero-order valence-corrected chi connectivity index (χ0v) is 8.42. The Bertz CT molecular complexity index is 329. The lowest BCUT2D eigenvalue weighted by Crippen LogP contribution is -2.08. The fourth-order valence-corrected chi connectivity index (χ4v) is 1.13. The quantitative estimate of drug-likeness (QED) is 0.650. The largest absolute Gasteiger partial charge is 0.408 e. The highest BCUT2D eigenvalue weighted by Gasteiger charge is 2.12. The van der Waals surface area contributed by atoms with Crippen LogP contribution in [0.15, 0.2) is 0 Å². The third-order valence-corrected chi connectivity index (χ3v) is 1.91. The van der Waals surface area contributed by atoms with E-state index < -0.39 is 0 Å². The van der Waals surface area contributed by atoms with Crippen LogP contribution in [-0.2, 0) is 11.3 Å². The summed E-state index contributed by atoms with van der Waals surface area (Å²) >= 11 is 0. The molecule has 0 unspecified atom stereocenters. The average Bonchev–Trinajstić information content (AvgIpc) is 2.31. The number of aryl methyl sites for hydroxylation is 2. The number of hydrogen-bond acceptors (Lipinski definition) is 3. The van der Waals surface area contributed by atoms with Crippen LogP contribution in [0.4, 0.5) is 0 Å². The fourth-order valence-electron chi connectivity index (χ4n) is 1.13. The van der Waals surface area contributed by atoms with Gasteiger partial charge in [0.25, 0.3) is 0 Å². The highest BCUT2D eigenvalue weighted by Crippen LogP contribution is 2.20. The highest BCUT2D eigenvalue weighted by molar-refractivity contribution is 5.69. The molecule has 0 aliphatic rings. The van der Waals surface area contributed by atoms with Crippen LogP contribution in [0, 0.1) is 13.8 Å². The van der Waals surface area contributed by atoms with E-state index in [9.17, 15) is 4.79 Å². The van der Waals surface area contributed by atoms with E-state index in [0.717, 1.165) is 11.3 Å². The SMILES string of the molecule is CCn1nc(C)c(C)c1OC(C)=O. The monoisotopic (exact) mass is 182 g/mol. The Labute approximate surface area is 77.5 Å². The Morgan fingerprint density at radius 1 is 1.54 bits per heavy atom. The minimum atomic E-state index is -0.308. The first kappa shape index (κ1) is 9.77. The molecule has 0 spiro atoms. The predicted octanol–water partition coefficient (Wildman–Crippen LogP) is 1.45. The smallest absolute Gasteiger partial charge is 0.309 e. The molecule has 0 aliphatic heterocycles. The molecule has 0 saturated carbocycles. The number of nitrogens with zero attached hydrogens (tertiary/aromatic N) is 2. The Kier molecular flexibility index (Phi) is 2.70. The molecule has 0 aliphatic carbocycles. The Balaban J connectivity index is 3.08. The van der Waals surface area contributed by atoms with Crippen molar-refractivity contribution in [3.05, 3.63) is 11.3 Å². The number of aromatic nitrogens is 2. The maximum Gasteiger partial charge on any atom is 0.309 e. The molecule has 4 nitrogen and oxygen atoms in total. The lowest BCUT2D eigenvalue weighted by atomic mass is 10.3. The molecule has 1 heterocycles. The van der Waals surface area contributed by atoms with E-state index in [1.54, 1.807) is 4.68 Å². The molecule has 0 saturated heterocycles. The number of carbonyl (C=O) groups is 1. The summed E-state index contributed by atoms with van der Waals surface area (Å²) in [6.45, 7) is 7.85. The minimum Gasteiger partial charge on any atom is -0.408 e. The molecule has 0 amide bonds. The van der Waals surface area contributed by atoms with Crippen molar-refractivity contribution in [1.29, 1.82) is 0 Å². The van der Waals surface area contributed by atoms with Gasteiger partial charge in [-0.2, -0.15) is 5.10 Å². The third-order valence-electron chi connectivity index (χ3n) is 1.91. The molecular formula is C9H14N2O2. The molecule has 1 aromatic heterocycles. The molecule has 0 aromatic carbocycles. The number of rotatable bonds is 2. The van der Waals surface area contributed by atoms with Crippen molar-refractivity contribution in [2.24, 2.45) is 0 Å². The second kappa shape index (κ2) is 3.60. The van der Waals surface area contributed by atoms with Gasteiger partial charge < -0.3 is 4.74 Å². The summed E-state index contributed by atoms with van der Waals surface area (Å²) in [5.74, 6) is 0.255. The van der Waals surface area contributed by atoms with Gasteiger partial charge in [-0.1, -0.05) is 0 Å². The van der Waals surface area contributed by atoms with Gasteiger partial charge in [0.15, 0.2) is 0 Å². The van der Waals surface area contributed by atoms with E-state index in [1.165, 1.54) is 6.92 Å². The molecule has 1 rings (SSSR count). The number of carbonyl (C=O) groups excluding carboxylic acids is 1. The van der Waals surface area contributed by atoms with Gasteiger partial charge in [0, 0.05) is 19.0 Å². The van der Waals surface area contributed by atoms with Gasteiger partial charge in [-0.15, -0.1) is 0 Å². The van der Waals surface area contributed by atoms with Crippen LogP contribution in [0.25, 0.3) is 0 Å². The van der Waals surface area contributed by atoms with Gasteiger partial charge in [0.05, 0.1) is 5.69 Å². The molecule has 0 N–H and O–H groups in total. The molecule has 1 aromatic rings. The zero-order chi connectivity index (χ0) is 10.0. The summed E-state index contributed by atoms with van der Waals surface area (Å²) in [5.41, 5.74) is 1.83. The van der Waals surface area contributed by atoms with E-state index in [2.05, 4.69) is 5.10 Å². The number of ether oxygens (including phenoxy) is 1. The van der Waals surface area contributed by atoms with Crippen molar-refractivity contribution in [3.63, 3.8) is 0 Å². The summed E-state index contributed by atoms with van der Waals surface area (Å²) in [4.78, 5) is 10.8. The maximum atomic E-state index is 10.8. The van der Waals surface area contributed by atoms with Gasteiger partial charge in [-0.25, -0.2) is 4.68 Å². The predicted molar refractivity (Wildman–Crippen MR) is 48.7 cm³/mol. The normalized spacial score (nSPS) is 10.2. The van der Waals surface area contributed by atoms with Gasteiger partial charge in [-0.3, -0.25) is 4.79 Å². The molecule has 72 valence electrons. The molecule has 0 fully saturated rings. The van der Waals surface area contributed by atoms with Crippen molar-refractivity contribution in [2.45, 2.75) is 34.2 Å². The summed E-state index contributed by atoms with van der Waals surface area (Å²) < 4.78 is 6.74. The second-order valence-electron chi connectivity index (χ2n) is 2.92. The van der Waals surface area contributed by atoms with E-state index >= 15 is 0 Å². The van der Waals surface area contributed by atoms with E-state index in [-0.39, 0.29) is 5.97 Å². The van der Waals surface area contributed by atoms with Gasteiger partial charge in [-0.05, 0) is 20.8 Å². The standard InChI is InChI=1S/C9H14N2O2/c1-5-11-9(13-8(4)12)6(2)7(3)10-11/h5H2,1-4H3. The van der Waals surface area contributed by atoms with Gasteiger partial charge in [0.2, 0.25) is 5.88 Å². The van der Waals surface area contributed by atoms with Crippen LogP contribution in [0.1, 0.15) is 25.1 Å². The maximum absolute atomic E-state index is 10.8. The number of esters is 1. The van der Waals surface area contributed by atoms with Crippen molar-refractivity contribution in [1.82, 2.24) is 9.78 Å². The van der Waals surface area contributed by atoms with Gasteiger partial charge in [0.1, 0.15) is 0 Å². The zero-order valence-electron chi connectivity index (χ0n) is 8.42. The van der Waals surface area contributed by atoms with Gasteiger partial charge >= 0.3 is 5.97 Å². The van der Waals surface area contributed by atoms with Crippen LogP contribution in [0.3, 0.4) is 0 Å². The topological polar surface area (TPSA) is 44.1 Å². The fraction of sp³-hybridized carbons (Fsp3) is 0.556. The molecule has 13 heavy (non-hydrogen) atoms. The van der Waals surface area contributed by atoms with Crippen molar-refractivity contribution in [3.8, 4) is 5.88 Å². The lowest BCUT2D eigenvalue weighted by Gasteiger charge is -2.03. The Hall–Kier alpha value is -1.32. The molecule has 0 bridgehead atoms. The average molecular weight is 182 g/mol. The first-order valence-electron chi connectivity index (χ1n) is 4.28. The van der Waals surface area contributed by atoms with E-state index in [4.69, 9.17) is 4.74 Å². The highest BCUT2D eigenvalue weighted by atomic mass is 16.5. The van der Waals surface area contributed by atoms with Crippen molar-refractivity contribution >= 4 is 5.97 Å². The van der Waals surface area contributed by atoms with Crippen molar-refractivity contribution < 1.29 is 9.53 Å². The third kappa shape index (κ3) is 1.88. The molecule has 0 atom stereocenters. The lowest BCUT2D eigenvalue weighted by molar-refractivity contribution is -0.132.